The number of rotatable bonds is 12. The van der Waals surface area contributed by atoms with E-state index in [1.807, 2.05) is 44.2 Å². The van der Waals surface area contributed by atoms with E-state index in [1.165, 1.54) is 4.31 Å². The summed E-state index contributed by atoms with van der Waals surface area (Å²) in [6, 6.07) is 13.9. The predicted octanol–water partition coefficient (Wildman–Crippen LogP) is 4.38. The van der Waals surface area contributed by atoms with E-state index in [-0.39, 0.29) is 24.8 Å². The first-order chi connectivity index (χ1) is 16.4. The van der Waals surface area contributed by atoms with Crippen molar-refractivity contribution in [3.63, 3.8) is 0 Å². The Morgan fingerprint density at radius 1 is 1.03 bits per heavy atom. The third-order valence-electron chi connectivity index (χ3n) is 5.71. The number of halogens is 1. The zero-order valence-electron chi connectivity index (χ0n) is 21.1. The molecule has 0 heterocycles. The Hall–Kier alpha value is -2.58. The van der Waals surface area contributed by atoms with Crippen molar-refractivity contribution in [2.45, 2.75) is 53.1 Å². The van der Waals surface area contributed by atoms with Gasteiger partial charge in [-0.15, -0.1) is 0 Å². The second kappa shape index (κ2) is 12.9. The van der Waals surface area contributed by atoms with Crippen LogP contribution in [0.4, 0.5) is 5.69 Å². The van der Waals surface area contributed by atoms with Gasteiger partial charge < -0.3 is 10.2 Å². The molecule has 1 atom stereocenters. The van der Waals surface area contributed by atoms with Crippen LogP contribution in [-0.2, 0) is 26.2 Å². The van der Waals surface area contributed by atoms with Crippen LogP contribution in [0.5, 0.6) is 0 Å². The number of nitrogens with zero attached hydrogens (tertiary/aromatic N) is 2. The zero-order chi connectivity index (χ0) is 26.2. The number of nitrogens with one attached hydrogen (secondary N) is 1. The topological polar surface area (TPSA) is 86.8 Å². The first-order valence-electron chi connectivity index (χ1n) is 11.8. The van der Waals surface area contributed by atoms with Gasteiger partial charge in [-0.3, -0.25) is 13.9 Å². The fraction of sp³-hybridized carbons (Fsp3) is 0.462. The monoisotopic (exact) mass is 521 g/mol. The molecule has 2 aromatic rings. The molecule has 1 unspecified atom stereocenters. The van der Waals surface area contributed by atoms with Crippen molar-refractivity contribution in [1.29, 1.82) is 0 Å². The Morgan fingerprint density at radius 2 is 1.69 bits per heavy atom. The summed E-state index contributed by atoms with van der Waals surface area (Å²) in [5.41, 5.74) is 2.07. The van der Waals surface area contributed by atoms with Gasteiger partial charge in [0.05, 0.1) is 11.9 Å². The number of amides is 2. The molecule has 1 N–H and O–H groups in total. The van der Waals surface area contributed by atoms with Crippen molar-refractivity contribution in [3.8, 4) is 0 Å². The maximum Gasteiger partial charge on any atom is 0.242 e. The van der Waals surface area contributed by atoms with Crippen molar-refractivity contribution in [2.24, 2.45) is 5.92 Å². The summed E-state index contributed by atoms with van der Waals surface area (Å²) in [6.07, 6.45) is 1.53. The van der Waals surface area contributed by atoms with Gasteiger partial charge >= 0.3 is 0 Å². The van der Waals surface area contributed by atoms with Gasteiger partial charge in [-0.25, -0.2) is 8.42 Å². The first kappa shape index (κ1) is 28.7. The van der Waals surface area contributed by atoms with E-state index in [2.05, 4.69) is 5.32 Å². The lowest BCUT2D eigenvalue weighted by molar-refractivity contribution is -0.140. The van der Waals surface area contributed by atoms with Gasteiger partial charge in [0.15, 0.2) is 0 Å². The van der Waals surface area contributed by atoms with Crippen LogP contribution in [0.25, 0.3) is 0 Å². The summed E-state index contributed by atoms with van der Waals surface area (Å²) < 4.78 is 26.3. The lowest BCUT2D eigenvalue weighted by Gasteiger charge is -2.30. The van der Waals surface area contributed by atoms with Crippen LogP contribution in [0.3, 0.4) is 0 Å². The maximum absolute atomic E-state index is 13.3. The molecule has 0 spiro atoms. The van der Waals surface area contributed by atoms with Gasteiger partial charge in [0.1, 0.15) is 6.04 Å². The molecule has 0 aromatic heterocycles. The highest BCUT2D eigenvalue weighted by atomic mass is 35.5. The van der Waals surface area contributed by atoms with Crippen LogP contribution < -0.4 is 9.62 Å². The van der Waals surface area contributed by atoms with Crippen molar-refractivity contribution in [1.82, 2.24) is 10.2 Å². The van der Waals surface area contributed by atoms with Crippen molar-refractivity contribution >= 4 is 39.1 Å². The number of carbonyl (C=O) groups excluding carboxylic acids is 2. The molecule has 9 heteroatoms. The molecule has 2 aromatic carbocycles. The third-order valence-corrected chi connectivity index (χ3v) is 7.30. The van der Waals surface area contributed by atoms with Crippen molar-refractivity contribution in [2.75, 3.05) is 23.7 Å². The SMILES string of the molecule is Cc1c(Cl)cccc1N(CCCC(=O)N(Cc1ccccc1)C(C)C(=O)NCC(C)C)S(C)(=O)=O. The number of anilines is 1. The first-order valence-corrected chi connectivity index (χ1v) is 14.0. The Balaban J connectivity index is 2.16. The van der Waals surface area contributed by atoms with Gasteiger partial charge in [0.25, 0.3) is 0 Å². The molecule has 0 radical (unpaired) electrons. The number of hydrogen-bond acceptors (Lipinski definition) is 4. The Morgan fingerprint density at radius 3 is 2.29 bits per heavy atom. The summed E-state index contributed by atoms with van der Waals surface area (Å²) in [7, 11) is -3.58. The van der Waals surface area contributed by atoms with E-state index in [0.717, 1.165) is 11.8 Å². The minimum absolute atomic E-state index is 0.0975. The summed E-state index contributed by atoms with van der Waals surface area (Å²) in [5.74, 6) is -0.131. The summed E-state index contributed by atoms with van der Waals surface area (Å²) >= 11 is 6.20. The van der Waals surface area contributed by atoms with Crippen molar-refractivity contribution < 1.29 is 18.0 Å². The van der Waals surface area contributed by atoms with Gasteiger partial charge in [0.2, 0.25) is 21.8 Å². The molecule has 192 valence electrons. The third kappa shape index (κ3) is 8.54. The van der Waals surface area contributed by atoms with Gasteiger partial charge in [-0.2, -0.15) is 0 Å². The Labute approximate surface area is 214 Å². The quantitative estimate of drug-likeness (QED) is 0.449. The molecule has 0 aliphatic carbocycles. The standard InChI is InChI=1S/C26H36ClN3O4S/c1-19(2)17-28-26(32)21(4)29(18-22-11-7-6-8-12-22)25(31)15-10-16-30(35(5,33)34)24-14-9-13-23(27)20(24)3/h6-9,11-14,19,21H,10,15-18H2,1-5H3,(H,28,32). The molecule has 0 aliphatic rings. The van der Waals surface area contributed by atoms with Crippen molar-refractivity contribution in [3.05, 3.63) is 64.7 Å². The second-order valence-electron chi connectivity index (χ2n) is 9.14. The fourth-order valence-electron chi connectivity index (χ4n) is 3.66. The largest absolute Gasteiger partial charge is 0.354 e. The van der Waals surface area contributed by atoms with Crippen LogP contribution in [0.2, 0.25) is 5.02 Å². The van der Waals surface area contributed by atoms with Crippen LogP contribution in [0.15, 0.2) is 48.5 Å². The Bertz CT molecular complexity index is 1110. The minimum atomic E-state index is -3.58. The highest BCUT2D eigenvalue weighted by Crippen LogP contribution is 2.28. The van der Waals surface area contributed by atoms with Gasteiger partial charge in [-0.1, -0.05) is 61.8 Å². The predicted molar refractivity (Wildman–Crippen MR) is 142 cm³/mol. The van der Waals surface area contributed by atoms with Gasteiger partial charge in [0, 0.05) is 31.1 Å². The van der Waals surface area contributed by atoms with E-state index in [0.29, 0.717) is 41.7 Å². The number of sulfonamides is 1. The molecular formula is C26H36ClN3O4S. The summed E-state index contributed by atoms with van der Waals surface area (Å²) in [5, 5.41) is 3.37. The van der Waals surface area contributed by atoms with Crippen LogP contribution >= 0.6 is 11.6 Å². The average molecular weight is 522 g/mol. The van der Waals surface area contributed by atoms with E-state index >= 15 is 0 Å². The molecule has 7 nitrogen and oxygen atoms in total. The smallest absolute Gasteiger partial charge is 0.242 e. The molecular weight excluding hydrogens is 486 g/mol. The number of hydrogen-bond donors (Lipinski definition) is 1. The molecule has 0 fully saturated rings. The normalized spacial score (nSPS) is 12.3. The Kier molecular flexibility index (Phi) is 10.6. The molecule has 35 heavy (non-hydrogen) atoms. The molecule has 2 rings (SSSR count). The minimum Gasteiger partial charge on any atom is -0.354 e. The molecule has 0 bridgehead atoms. The highest BCUT2D eigenvalue weighted by molar-refractivity contribution is 7.92. The van der Waals surface area contributed by atoms with E-state index in [9.17, 15) is 18.0 Å². The van der Waals surface area contributed by atoms with Gasteiger partial charge in [-0.05, 0) is 49.4 Å². The molecule has 0 aliphatic heterocycles. The van der Waals surface area contributed by atoms with Crippen LogP contribution in [0, 0.1) is 12.8 Å². The second-order valence-corrected chi connectivity index (χ2v) is 11.5. The zero-order valence-corrected chi connectivity index (χ0v) is 22.7. The number of benzene rings is 2. The van der Waals surface area contributed by atoms with Crippen LogP contribution in [0.1, 0.15) is 44.7 Å². The molecule has 0 saturated heterocycles. The fourth-order valence-corrected chi connectivity index (χ4v) is 4.85. The van der Waals surface area contributed by atoms with Crippen LogP contribution in [-0.4, -0.2) is 50.5 Å². The molecule has 0 saturated carbocycles. The van der Waals surface area contributed by atoms with E-state index in [4.69, 9.17) is 11.6 Å². The molecule has 2 amide bonds. The van der Waals surface area contributed by atoms with E-state index in [1.54, 1.807) is 36.9 Å². The lowest BCUT2D eigenvalue weighted by Crippen LogP contribution is -2.48. The summed E-state index contributed by atoms with van der Waals surface area (Å²) in [6.45, 7) is 8.44. The lowest BCUT2D eigenvalue weighted by atomic mass is 10.1. The highest BCUT2D eigenvalue weighted by Gasteiger charge is 2.27. The average Bonchev–Trinajstić information content (AvgIpc) is 2.80. The maximum atomic E-state index is 13.3. The van der Waals surface area contributed by atoms with E-state index < -0.39 is 16.1 Å². The number of carbonyl (C=O) groups is 2. The summed E-state index contributed by atoms with van der Waals surface area (Å²) in [4.78, 5) is 27.6.